The largest absolute Gasteiger partial charge is 0.497 e. The van der Waals surface area contributed by atoms with E-state index >= 15 is 0 Å². The Morgan fingerprint density at radius 1 is 1.11 bits per heavy atom. The summed E-state index contributed by atoms with van der Waals surface area (Å²) in [5, 5.41) is 4.87. The SMILES string of the molecule is COc1cccc(-n2c(-c3cccc(S(=O)(=O)N(C)C)c3)nn(CN3CC(C)OC(C)C3)c2=S)c1. The quantitative estimate of drug-likeness (QED) is 0.444. The van der Waals surface area contributed by atoms with Gasteiger partial charge in [-0.25, -0.2) is 17.4 Å². The number of nitrogens with zero attached hydrogens (tertiary/aromatic N) is 5. The Morgan fingerprint density at radius 2 is 1.80 bits per heavy atom. The third-order valence-corrected chi connectivity index (χ3v) is 8.06. The Kier molecular flexibility index (Phi) is 7.43. The van der Waals surface area contributed by atoms with Crippen LogP contribution in [-0.2, 0) is 21.4 Å². The lowest BCUT2D eigenvalue weighted by atomic mass is 10.2. The zero-order valence-corrected chi connectivity index (χ0v) is 22.2. The maximum atomic E-state index is 12.8. The zero-order valence-electron chi connectivity index (χ0n) is 20.6. The first-order chi connectivity index (χ1) is 16.6. The monoisotopic (exact) mass is 517 g/mol. The van der Waals surface area contributed by atoms with Gasteiger partial charge >= 0.3 is 0 Å². The second-order valence-corrected chi connectivity index (χ2v) is 11.4. The number of morpholine rings is 1. The second kappa shape index (κ2) is 10.2. The first-order valence-corrected chi connectivity index (χ1v) is 13.2. The lowest BCUT2D eigenvalue weighted by Crippen LogP contribution is -2.46. The van der Waals surface area contributed by atoms with Crippen LogP contribution in [0.25, 0.3) is 17.1 Å². The molecule has 3 aromatic rings. The van der Waals surface area contributed by atoms with Crippen molar-refractivity contribution in [1.29, 1.82) is 0 Å². The van der Waals surface area contributed by atoms with Crippen LogP contribution in [0.1, 0.15) is 13.8 Å². The fraction of sp³-hybridized carbons (Fsp3) is 0.417. The molecule has 2 aromatic carbocycles. The average Bonchev–Trinajstić information content (AvgIpc) is 3.14. The molecule has 1 saturated heterocycles. The smallest absolute Gasteiger partial charge is 0.242 e. The molecule has 1 fully saturated rings. The third-order valence-electron chi connectivity index (χ3n) is 5.85. The molecule has 0 amide bonds. The molecule has 35 heavy (non-hydrogen) atoms. The van der Waals surface area contributed by atoms with Crippen molar-refractivity contribution in [3.63, 3.8) is 0 Å². The molecule has 1 aromatic heterocycles. The predicted molar refractivity (Wildman–Crippen MR) is 137 cm³/mol. The van der Waals surface area contributed by atoms with Crippen LogP contribution in [0.3, 0.4) is 0 Å². The summed E-state index contributed by atoms with van der Waals surface area (Å²) in [5.74, 6) is 1.23. The zero-order chi connectivity index (χ0) is 25.3. The van der Waals surface area contributed by atoms with Crippen molar-refractivity contribution in [1.82, 2.24) is 23.6 Å². The van der Waals surface area contributed by atoms with E-state index in [0.717, 1.165) is 18.8 Å². The van der Waals surface area contributed by atoms with E-state index in [2.05, 4.69) is 18.7 Å². The second-order valence-electron chi connectivity index (χ2n) is 8.89. The highest BCUT2D eigenvalue weighted by molar-refractivity contribution is 7.89. The van der Waals surface area contributed by atoms with Crippen LogP contribution in [0.5, 0.6) is 5.75 Å². The Morgan fingerprint density at radius 3 is 2.46 bits per heavy atom. The highest BCUT2D eigenvalue weighted by atomic mass is 32.2. The van der Waals surface area contributed by atoms with Gasteiger partial charge in [0, 0.05) is 38.8 Å². The van der Waals surface area contributed by atoms with E-state index in [0.29, 0.717) is 28.6 Å². The van der Waals surface area contributed by atoms with Crippen LogP contribution in [0.2, 0.25) is 0 Å². The van der Waals surface area contributed by atoms with Crippen LogP contribution in [0, 0.1) is 4.77 Å². The fourth-order valence-electron chi connectivity index (χ4n) is 4.26. The van der Waals surface area contributed by atoms with E-state index < -0.39 is 10.0 Å². The van der Waals surface area contributed by atoms with Crippen molar-refractivity contribution in [2.75, 3.05) is 34.3 Å². The molecule has 9 nitrogen and oxygen atoms in total. The van der Waals surface area contributed by atoms with Crippen molar-refractivity contribution in [2.45, 2.75) is 37.6 Å². The van der Waals surface area contributed by atoms with Gasteiger partial charge in [-0.15, -0.1) is 5.10 Å². The summed E-state index contributed by atoms with van der Waals surface area (Å²) in [6, 6.07) is 14.3. The number of ether oxygens (including phenoxy) is 2. The van der Waals surface area contributed by atoms with E-state index in [-0.39, 0.29) is 17.1 Å². The molecular weight excluding hydrogens is 486 g/mol. The molecule has 0 spiro atoms. The first kappa shape index (κ1) is 25.5. The van der Waals surface area contributed by atoms with E-state index in [9.17, 15) is 8.42 Å². The van der Waals surface area contributed by atoms with E-state index in [1.165, 1.54) is 18.4 Å². The average molecular weight is 518 g/mol. The van der Waals surface area contributed by atoms with Gasteiger partial charge < -0.3 is 9.47 Å². The van der Waals surface area contributed by atoms with Gasteiger partial charge in [0.25, 0.3) is 0 Å². The summed E-state index contributed by atoms with van der Waals surface area (Å²) < 4.78 is 42.2. The molecule has 0 bridgehead atoms. The summed E-state index contributed by atoms with van der Waals surface area (Å²) in [6.45, 7) is 6.14. The number of hydrogen-bond donors (Lipinski definition) is 0. The van der Waals surface area contributed by atoms with Crippen molar-refractivity contribution < 1.29 is 17.9 Å². The van der Waals surface area contributed by atoms with Crippen molar-refractivity contribution in [3.8, 4) is 22.8 Å². The Labute approximate surface area is 211 Å². The molecule has 188 valence electrons. The number of hydrogen-bond acceptors (Lipinski definition) is 7. The van der Waals surface area contributed by atoms with Gasteiger partial charge in [0.05, 0.1) is 36.6 Å². The molecule has 11 heteroatoms. The van der Waals surface area contributed by atoms with Crippen molar-refractivity contribution >= 4 is 22.2 Å². The van der Waals surface area contributed by atoms with Gasteiger partial charge in [-0.1, -0.05) is 18.2 Å². The maximum absolute atomic E-state index is 12.8. The summed E-state index contributed by atoms with van der Waals surface area (Å²) >= 11 is 5.89. The third kappa shape index (κ3) is 5.34. The molecule has 0 N–H and O–H groups in total. The summed E-state index contributed by atoms with van der Waals surface area (Å²) in [4.78, 5) is 2.45. The number of rotatable bonds is 7. The minimum absolute atomic E-state index is 0.112. The topological polar surface area (TPSA) is 81.8 Å². The van der Waals surface area contributed by atoms with Crippen LogP contribution in [0.4, 0.5) is 0 Å². The number of sulfonamides is 1. The number of methoxy groups -OCH3 is 1. The molecular formula is C24H31N5O4S2. The van der Waals surface area contributed by atoms with Gasteiger partial charge in [-0.05, 0) is 50.3 Å². The standard InChI is InChI=1S/C24H31N5O4S2/c1-17-14-27(15-18(2)33-17)16-28-24(34)29(20-9-7-10-21(13-20)32-5)23(25-28)19-8-6-11-22(12-19)35(30,31)26(3)4/h6-13,17-18H,14-16H2,1-5H3. The molecule has 0 radical (unpaired) electrons. The fourth-order valence-corrected chi connectivity index (χ4v) is 5.50. The van der Waals surface area contributed by atoms with Crippen LogP contribution < -0.4 is 4.74 Å². The van der Waals surface area contributed by atoms with E-state index in [4.69, 9.17) is 26.8 Å². The summed E-state index contributed by atoms with van der Waals surface area (Å²) in [6.07, 6.45) is 0.224. The Hall–Kier alpha value is -2.57. The Balaban J connectivity index is 1.85. The van der Waals surface area contributed by atoms with Crippen molar-refractivity contribution in [2.24, 2.45) is 0 Å². The molecule has 2 heterocycles. The molecule has 2 atom stereocenters. The maximum Gasteiger partial charge on any atom is 0.242 e. The van der Waals surface area contributed by atoms with Crippen LogP contribution in [-0.4, -0.2) is 78.5 Å². The lowest BCUT2D eigenvalue weighted by Gasteiger charge is -2.34. The normalized spacial score (nSPS) is 19.3. The molecule has 0 saturated carbocycles. The van der Waals surface area contributed by atoms with Gasteiger partial charge in [-0.2, -0.15) is 0 Å². The van der Waals surface area contributed by atoms with Crippen LogP contribution in [0.15, 0.2) is 53.4 Å². The lowest BCUT2D eigenvalue weighted by molar-refractivity contribution is -0.0777. The number of benzene rings is 2. The van der Waals surface area contributed by atoms with Gasteiger partial charge in [0.2, 0.25) is 14.8 Å². The summed E-state index contributed by atoms with van der Waals surface area (Å²) in [5.41, 5.74) is 1.42. The van der Waals surface area contributed by atoms with Gasteiger partial charge in [0.1, 0.15) is 5.75 Å². The molecule has 2 unspecified atom stereocenters. The predicted octanol–water partition coefficient (Wildman–Crippen LogP) is 3.40. The van der Waals surface area contributed by atoms with E-state index in [1.807, 2.05) is 34.9 Å². The molecule has 0 aliphatic carbocycles. The van der Waals surface area contributed by atoms with Gasteiger partial charge in [-0.3, -0.25) is 9.47 Å². The molecule has 4 rings (SSSR count). The van der Waals surface area contributed by atoms with E-state index in [1.54, 1.807) is 30.0 Å². The van der Waals surface area contributed by atoms with Gasteiger partial charge in [0.15, 0.2) is 5.82 Å². The number of aromatic nitrogens is 3. The van der Waals surface area contributed by atoms with Crippen molar-refractivity contribution in [3.05, 3.63) is 53.3 Å². The highest BCUT2D eigenvalue weighted by Crippen LogP contribution is 2.27. The first-order valence-electron chi connectivity index (χ1n) is 11.3. The molecule has 1 aliphatic rings. The van der Waals surface area contributed by atoms with Crippen LogP contribution >= 0.6 is 12.2 Å². The minimum atomic E-state index is -3.61. The minimum Gasteiger partial charge on any atom is -0.497 e. The molecule has 1 aliphatic heterocycles. The Bertz CT molecular complexity index is 1360. The highest BCUT2D eigenvalue weighted by Gasteiger charge is 2.25. The summed E-state index contributed by atoms with van der Waals surface area (Å²) in [7, 11) is 1.02.